The Morgan fingerprint density at radius 2 is 2.21 bits per heavy atom. The minimum Gasteiger partial charge on any atom is -0.356 e. The van der Waals surface area contributed by atoms with E-state index < -0.39 is 0 Å². The van der Waals surface area contributed by atoms with E-state index in [1.165, 1.54) is 50.1 Å². The summed E-state index contributed by atoms with van der Waals surface area (Å²) in [5, 5.41) is 7.82. The molecular weight excluding hydrogens is 433 g/mol. The highest BCUT2D eigenvalue weighted by Gasteiger charge is 2.16. The summed E-state index contributed by atoms with van der Waals surface area (Å²) in [6, 6.07) is 0.771. The molecule has 24 heavy (non-hydrogen) atoms. The first-order valence-corrected chi connectivity index (χ1v) is 9.60. The fourth-order valence-corrected chi connectivity index (χ4v) is 3.73. The lowest BCUT2D eigenvalue weighted by molar-refractivity contribution is 0.158. The Balaban J connectivity index is 0.00000288. The van der Waals surface area contributed by atoms with Gasteiger partial charge in [0.1, 0.15) is 5.01 Å². The largest absolute Gasteiger partial charge is 0.356 e. The van der Waals surface area contributed by atoms with Crippen LogP contribution < -0.4 is 10.6 Å². The molecule has 2 rings (SSSR count). The number of aliphatic imine (C=N–C) groups is 1. The third-order valence-corrected chi connectivity index (χ3v) is 5.32. The zero-order chi connectivity index (χ0) is 16.5. The number of halogens is 1. The van der Waals surface area contributed by atoms with E-state index >= 15 is 0 Å². The van der Waals surface area contributed by atoms with Gasteiger partial charge in [0.05, 0.1) is 6.54 Å². The normalized spacial score (nSPS) is 19.0. The van der Waals surface area contributed by atoms with Crippen molar-refractivity contribution in [3.63, 3.8) is 0 Å². The second-order valence-electron chi connectivity index (χ2n) is 6.31. The van der Waals surface area contributed by atoms with Gasteiger partial charge < -0.3 is 15.5 Å². The van der Waals surface area contributed by atoms with Crippen LogP contribution in [-0.4, -0.2) is 48.6 Å². The van der Waals surface area contributed by atoms with E-state index in [1.807, 2.05) is 13.2 Å². The minimum absolute atomic E-state index is 0. The lowest BCUT2D eigenvalue weighted by Gasteiger charge is -2.33. The van der Waals surface area contributed by atoms with Gasteiger partial charge in [-0.3, -0.25) is 4.99 Å². The first-order chi connectivity index (χ1) is 11.2. The summed E-state index contributed by atoms with van der Waals surface area (Å²) in [5.41, 5.74) is 0. The molecule has 2 heterocycles. The number of guanidine groups is 1. The van der Waals surface area contributed by atoms with Crippen LogP contribution >= 0.6 is 35.3 Å². The van der Waals surface area contributed by atoms with Crippen molar-refractivity contribution in [1.82, 2.24) is 20.5 Å². The van der Waals surface area contributed by atoms with Crippen LogP contribution in [0.25, 0.3) is 0 Å². The number of hydrogen-bond donors (Lipinski definition) is 2. The lowest BCUT2D eigenvalue weighted by atomic mass is 10.0. The van der Waals surface area contributed by atoms with E-state index in [2.05, 4.69) is 39.4 Å². The van der Waals surface area contributed by atoms with Crippen LogP contribution in [0.1, 0.15) is 48.9 Å². The second kappa shape index (κ2) is 12.0. The topological polar surface area (TPSA) is 52.6 Å². The van der Waals surface area contributed by atoms with Crippen LogP contribution in [0.4, 0.5) is 0 Å². The number of nitrogens with zero attached hydrogens (tertiary/aromatic N) is 3. The quantitative estimate of drug-likeness (QED) is 0.281. The van der Waals surface area contributed by atoms with Gasteiger partial charge in [0.2, 0.25) is 0 Å². The van der Waals surface area contributed by atoms with Crippen LogP contribution in [0, 0.1) is 6.92 Å². The summed E-state index contributed by atoms with van der Waals surface area (Å²) < 4.78 is 0. The van der Waals surface area contributed by atoms with Gasteiger partial charge in [-0.15, -0.1) is 35.3 Å². The third-order valence-electron chi connectivity index (χ3n) is 4.40. The molecule has 1 aromatic rings. The van der Waals surface area contributed by atoms with E-state index in [1.54, 1.807) is 11.3 Å². The highest BCUT2D eigenvalue weighted by atomic mass is 127. The standard InChI is InChI=1S/C17H31N5S.HI/c1-14-8-4-6-10-22(14)11-7-5-9-19-17(18-3)21-13-16-20-12-15(2)23-16;/h12,14H,4-11,13H2,1-3H3,(H2,18,19,21);1H. The molecule has 2 N–H and O–H groups in total. The molecule has 1 saturated heterocycles. The molecule has 0 bridgehead atoms. The first-order valence-electron chi connectivity index (χ1n) is 8.79. The smallest absolute Gasteiger partial charge is 0.191 e. The molecule has 0 aliphatic carbocycles. The molecule has 5 nitrogen and oxygen atoms in total. The number of aromatic nitrogens is 1. The number of hydrogen-bond acceptors (Lipinski definition) is 4. The zero-order valence-corrected chi connectivity index (χ0v) is 18.3. The van der Waals surface area contributed by atoms with E-state index in [4.69, 9.17) is 0 Å². The van der Waals surface area contributed by atoms with Gasteiger partial charge in [-0.25, -0.2) is 4.98 Å². The monoisotopic (exact) mass is 465 g/mol. The molecule has 1 atom stereocenters. The molecule has 0 radical (unpaired) electrons. The van der Waals surface area contributed by atoms with Crippen molar-refractivity contribution in [2.24, 2.45) is 4.99 Å². The van der Waals surface area contributed by atoms with Crippen molar-refractivity contribution < 1.29 is 0 Å². The number of aryl methyl sites for hydroxylation is 1. The molecule has 0 aromatic carbocycles. The lowest BCUT2D eigenvalue weighted by Crippen LogP contribution is -2.39. The van der Waals surface area contributed by atoms with Crippen molar-refractivity contribution >= 4 is 41.3 Å². The Morgan fingerprint density at radius 1 is 1.38 bits per heavy atom. The van der Waals surface area contributed by atoms with Crippen LogP contribution in [0.2, 0.25) is 0 Å². The van der Waals surface area contributed by atoms with Gasteiger partial charge in [-0.05, 0) is 52.6 Å². The van der Waals surface area contributed by atoms with Crippen molar-refractivity contribution in [1.29, 1.82) is 0 Å². The van der Waals surface area contributed by atoms with Gasteiger partial charge in [-0.2, -0.15) is 0 Å². The number of thiazole rings is 1. The summed E-state index contributed by atoms with van der Waals surface area (Å²) in [7, 11) is 1.82. The maximum absolute atomic E-state index is 4.36. The number of unbranched alkanes of at least 4 members (excludes halogenated alkanes) is 1. The maximum atomic E-state index is 4.36. The van der Waals surface area contributed by atoms with Crippen LogP contribution in [0.15, 0.2) is 11.2 Å². The Hall–Kier alpha value is -0.410. The molecule has 1 fully saturated rings. The second-order valence-corrected chi connectivity index (χ2v) is 7.62. The molecule has 1 aliphatic heterocycles. The molecule has 7 heteroatoms. The van der Waals surface area contributed by atoms with Crippen LogP contribution in [0.5, 0.6) is 0 Å². The van der Waals surface area contributed by atoms with Crippen molar-refractivity contribution in [2.45, 2.75) is 58.5 Å². The van der Waals surface area contributed by atoms with Crippen LogP contribution in [0.3, 0.4) is 0 Å². The van der Waals surface area contributed by atoms with Gasteiger partial charge in [0.25, 0.3) is 0 Å². The van der Waals surface area contributed by atoms with Gasteiger partial charge in [0.15, 0.2) is 5.96 Å². The van der Waals surface area contributed by atoms with E-state index in [0.717, 1.165) is 30.1 Å². The van der Waals surface area contributed by atoms with Crippen molar-refractivity contribution in [3.05, 3.63) is 16.1 Å². The van der Waals surface area contributed by atoms with Crippen molar-refractivity contribution in [3.8, 4) is 0 Å². The zero-order valence-electron chi connectivity index (χ0n) is 15.2. The Bertz CT molecular complexity index is 491. The molecule has 1 aromatic heterocycles. The van der Waals surface area contributed by atoms with Gasteiger partial charge in [-0.1, -0.05) is 6.42 Å². The Kier molecular flexibility index (Phi) is 10.8. The molecule has 0 amide bonds. The van der Waals surface area contributed by atoms with Gasteiger partial charge in [0, 0.05) is 30.7 Å². The molecule has 0 saturated carbocycles. The molecule has 0 spiro atoms. The summed E-state index contributed by atoms with van der Waals surface area (Å²) >= 11 is 1.73. The van der Waals surface area contributed by atoms with Crippen LogP contribution in [-0.2, 0) is 6.54 Å². The first kappa shape index (κ1) is 21.6. The third kappa shape index (κ3) is 7.65. The Labute approximate surface area is 167 Å². The summed E-state index contributed by atoms with van der Waals surface area (Å²) in [4.78, 5) is 12.5. The molecule has 1 aliphatic rings. The summed E-state index contributed by atoms with van der Waals surface area (Å²) in [5.74, 6) is 0.865. The van der Waals surface area contributed by atoms with Gasteiger partial charge >= 0.3 is 0 Å². The minimum atomic E-state index is 0. The predicted octanol–water partition coefficient (Wildman–Crippen LogP) is 3.39. The highest BCUT2D eigenvalue weighted by molar-refractivity contribution is 14.0. The molecule has 1 unspecified atom stereocenters. The van der Waals surface area contributed by atoms with E-state index in [9.17, 15) is 0 Å². The summed E-state index contributed by atoms with van der Waals surface area (Å²) in [6.07, 6.45) is 8.49. The molecule has 138 valence electrons. The number of nitrogens with one attached hydrogen (secondary N) is 2. The fraction of sp³-hybridized carbons (Fsp3) is 0.765. The average molecular weight is 465 g/mol. The number of likely N-dealkylation sites (tertiary alicyclic amines) is 1. The number of piperidine rings is 1. The van der Waals surface area contributed by atoms with E-state index in [0.29, 0.717) is 0 Å². The predicted molar refractivity (Wildman–Crippen MR) is 115 cm³/mol. The Morgan fingerprint density at radius 3 is 2.88 bits per heavy atom. The number of rotatable bonds is 7. The molecular formula is C17H32IN5S. The SMILES string of the molecule is CN=C(NCCCCN1CCCCC1C)NCc1ncc(C)s1.I. The highest BCUT2D eigenvalue weighted by Crippen LogP contribution is 2.16. The maximum Gasteiger partial charge on any atom is 0.191 e. The van der Waals surface area contributed by atoms with E-state index in [-0.39, 0.29) is 24.0 Å². The fourth-order valence-electron chi connectivity index (χ4n) is 3.00. The van der Waals surface area contributed by atoms with Crippen molar-refractivity contribution in [2.75, 3.05) is 26.7 Å². The average Bonchev–Trinajstić information content (AvgIpc) is 2.97. The summed E-state index contributed by atoms with van der Waals surface area (Å²) in [6.45, 7) is 8.67.